The van der Waals surface area contributed by atoms with Crippen LogP contribution in [0.15, 0.2) is 36.4 Å². The zero-order valence-electron chi connectivity index (χ0n) is 15.6. The predicted molar refractivity (Wildman–Crippen MR) is 107 cm³/mol. The van der Waals surface area contributed by atoms with Crippen LogP contribution < -0.4 is 5.32 Å². The van der Waals surface area contributed by atoms with Crippen LogP contribution in [0.2, 0.25) is 0 Å². The van der Waals surface area contributed by atoms with Crippen LogP contribution in [0.1, 0.15) is 35.1 Å². The maximum absolute atomic E-state index is 12.4. The van der Waals surface area contributed by atoms with Crippen molar-refractivity contribution in [1.82, 2.24) is 0 Å². The van der Waals surface area contributed by atoms with E-state index in [4.69, 9.17) is 0 Å². The molecule has 28 heavy (non-hydrogen) atoms. The van der Waals surface area contributed by atoms with Crippen molar-refractivity contribution in [2.75, 3.05) is 11.1 Å². The number of nitrogens with one attached hydrogen (secondary N) is 1. The maximum atomic E-state index is 12.4. The molecule has 0 bridgehead atoms. The molecule has 1 aliphatic rings. The van der Waals surface area contributed by atoms with Crippen LogP contribution in [-0.4, -0.2) is 25.0 Å². The van der Waals surface area contributed by atoms with Crippen molar-refractivity contribution in [2.45, 2.75) is 38.4 Å². The fraction of sp³-hybridized carbons (Fsp3) is 0.350. The summed E-state index contributed by atoms with van der Waals surface area (Å²) in [6, 6.07) is 10.2. The van der Waals surface area contributed by atoms with Crippen LogP contribution in [0.25, 0.3) is 0 Å². The Morgan fingerprint density at radius 2 is 1.93 bits per heavy atom. The van der Waals surface area contributed by atoms with Crippen LogP contribution >= 0.6 is 0 Å². The van der Waals surface area contributed by atoms with Gasteiger partial charge in [0.25, 0.3) is 5.69 Å². The van der Waals surface area contributed by atoms with E-state index in [1.54, 1.807) is 6.07 Å². The average Bonchev–Trinajstić information content (AvgIpc) is 3.09. The summed E-state index contributed by atoms with van der Waals surface area (Å²) in [5, 5.41) is 13.8. The zero-order valence-corrected chi connectivity index (χ0v) is 16.4. The molecule has 7 nitrogen and oxygen atoms in total. The predicted octanol–water partition coefficient (Wildman–Crippen LogP) is 3.34. The van der Waals surface area contributed by atoms with E-state index in [9.17, 15) is 23.3 Å². The molecule has 0 fully saturated rings. The van der Waals surface area contributed by atoms with Gasteiger partial charge in [0.2, 0.25) is 5.91 Å². The molecule has 2 aromatic rings. The van der Waals surface area contributed by atoms with Crippen LogP contribution in [0.5, 0.6) is 0 Å². The molecule has 1 aliphatic carbocycles. The van der Waals surface area contributed by atoms with Gasteiger partial charge in [-0.25, -0.2) is 8.42 Å². The van der Waals surface area contributed by atoms with Crippen molar-refractivity contribution in [2.24, 2.45) is 0 Å². The lowest BCUT2D eigenvalue weighted by Gasteiger charge is -2.09. The molecule has 0 saturated carbocycles. The summed E-state index contributed by atoms with van der Waals surface area (Å²) in [5.41, 5.74) is 3.81. The number of nitro benzene ring substituents is 1. The third kappa shape index (κ3) is 4.75. The Kier molecular flexibility index (Phi) is 5.79. The van der Waals surface area contributed by atoms with Crippen LogP contribution in [0.4, 0.5) is 11.4 Å². The van der Waals surface area contributed by atoms with Gasteiger partial charge in [-0.3, -0.25) is 14.9 Å². The molecule has 3 rings (SSSR count). The second kappa shape index (κ2) is 8.10. The number of carbonyl (C=O) groups excluding carboxylic acids is 1. The summed E-state index contributed by atoms with van der Waals surface area (Å²) in [6.45, 7) is 1.53. The Hall–Kier alpha value is -2.74. The Morgan fingerprint density at radius 1 is 1.18 bits per heavy atom. The third-order valence-corrected chi connectivity index (χ3v) is 6.59. The van der Waals surface area contributed by atoms with Crippen LogP contribution in [0, 0.1) is 17.0 Å². The number of hydrogen-bond donors (Lipinski definition) is 1. The first kappa shape index (κ1) is 20.0. The lowest BCUT2D eigenvalue weighted by molar-refractivity contribution is -0.385. The van der Waals surface area contributed by atoms with Crippen molar-refractivity contribution in [1.29, 1.82) is 0 Å². The molecule has 0 saturated heterocycles. The fourth-order valence-electron chi connectivity index (χ4n) is 3.45. The molecule has 0 aliphatic heterocycles. The molecule has 0 radical (unpaired) electrons. The summed E-state index contributed by atoms with van der Waals surface area (Å²) in [6.07, 6.45) is 3.00. The van der Waals surface area contributed by atoms with Gasteiger partial charge in [0.15, 0.2) is 9.84 Å². The Bertz CT molecular complexity index is 1030. The molecule has 148 valence electrons. The number of amides is 1. The first-order chi connectivity index (χ1) is 13.2. The summed E-state index contributed by atoms with van der Waals surface area (Å²) < 4.78 is 24.8. The smallest absolute Gasteiger partial charge is 0.272 e. The number of hydrogen-bond acceptors (Lipinski definition) is 5. The molecule has 0 heterocycles. The quantitative estimate of drug-likeness (QED) is 0.565. The van der Waals surface area contributed by atoms with Crippen molar-refractivity contribution >= 4 is 27.1 Å². The molecule has 1 amide bonds. The van der Waals surface area contributed by atoms with Crippen molar-refractivity contribution < 1.29 is 18.1 Å². The minimum absolute atomic E-state index is 0.109. The number of carbonyl (C=O) groups is 1. The minimum Gasteiger partial charge on any atom is -0.326 e. The highest BCUT2D eigenvalue weighted by Crippen LogP contribution is 2.25. The average molecular weight is 402 g/mol. The first-order valence-corrected chi connectivity index (χ1v) is 10.9. The molecule has 2 aromatic carbocycles. The largest absolute Gasteiger partial charge is 0.326 e. The zero-order chi connectivity index (χ0) is 20.3. The Morgan fingerprint density at radius 3 is 2.68 bits per heavy atom. The van der Waals surface area contributed by atoms with Crippen LogP contribution in [0.3, 0.4) is 0 Å². The molecule has 0 spiro atoms. The van der Waals surface area contributed by atoms with Gasteiger partial charge in [0, 0.05) is 23.7 Å². The van der Waals surface area contributed by atoms with E-state index in [0.717, 1.165) is 19.3 Å². The van der Waals surface area contributed by atoms with Crippen LogP contribution in [-0.2, 0) is 33.2 Å². The van der Waals surface area contributed by atoms with Gasteiger partial charge in [-0.15, -0.1) is 0 Å². The van der Waals surface area contributed by atoms with E-state index in [1.165, 1.54) is 30.2 Å². The number of nitro groups is 1. The number of nitrogens with zero attached hydrogens (tertiary/aromatic N) is 1. The molecule has 1 N–H and O–H groups in total. The Balaban J connectivity index is 1.60. The third-order valence-electron chi connectivity index (χ3n) is 5.01. The van der Waals surface area contributed by atoms with Crippen molar-refractivity contribution in [3.8, 4) is 0 Å². The number of rotatable bonds is 7. The number of anilines is 1. The molecule has 0 unspecified atom stereocenters. The van der Waals surface area contributed by atoms with Gasteiger partial charge in [0.1, 0.15) is 0 Å². The molecular weight excluding hydrogens is 380 g/mol. The number of aryl methyl sites for hydroxylation is 2. The minimum atomic E-state index is -3.58. The highest BCUT2D eigenvalue weighted by molar-refractivity contribution is 7.90. The standard InChI is InChI=1S/C20H22N2O5S/c1-14-17(6-3-7-19(14)22(24)25)13-28(26,27)11-10-20(23)21-18-9-8-15-4-2-5-16(15)12-18/h3,6-9,12H,2,4-5,10-11,13H2,1H3,(H,21,23). The number of sulfone groups is 1. The highest BCUT2D eigenvalue weighted by Gasteiger charge is 2.20. The summed E-state index contributed by atoms with van der Waals surface area (Å²) >= 11 is 0. The normalized spacial score (nSPS) is 13.2. The second-order valence-electron chi connectivity index (χ2n) is 7.05. The van der Waals surface area contributed by atoms with Crippen molar-refractivity contribution in [3.05, 3.63) is 68.8 Å². The van der Waals surface area contributed by atoms with E-state index in [0.29, 0.717) is 16.8 Å². The fourth-order valence-corrected chi connectivity index (χ4v) is 4.88. The molecule has 8 heteroatoms. The molecule has 0 atom stereocenters. The van der Waals surface area contributed by atoms with Gasteiger partial charge < -0.3 is 5.32 Å². The van der Waals surface area contributed by atoms with Crippen molar-refractivity contribution in [3.63, 3.8) is 0 Å². The monoisotopic (exact) mass is 402 g/mol. The summed E-state index contributed by atoms with van der Waals surface area (Å²) in [7, 11) is -3.58. The van der Waals surface area contributed by atoms with E-state index in [1.807, 2.05) is 18.2 Å². The van der Waals surface area contributed by atoms with Gasteiger partial charge in [-0.05, 0) is 55.0 Å². The van der Waals surface area contributed by atoms with E-state index < -0.39 is 14.8 Å². The lowest BCUT2D eigenvalue weighted by atomic mass is 10.1. The summed E-state index contributed by atoms with van der Waals surface area (Å²) in [5.74, 6) is -1.00. The second-order valence-corrected chi connectivity index (χ2v) is 9.23. The topological polar surface area (TPSA) is 106 Å². The van der Waals surface area contributed by atoms with Gasteiger partial charge in [-0.1, -0.05) is 18.2 Å². The summed E-state index contributed by atoms with van der Waals surface area (Å²) in [4.78, 5) is 22.6. The van der Waals surface area contributed by atoms with Gasteiger partial charge in [-0.2, -0.15) is 0 Å². The van der Waals surface area contributed by atoms with Gasteiger partial charge >= 0.3 is 0 Å². The first-order valence-electron chi connectivity index (χ1n) is 9.10. The Labute approximate surface area is 163 Å². The molecule has 0 aromatic heterocycles. The van der Waals surface area contributed by atoms with E-state index in [-0.39, 0.29) is 29.5 Å². The van der Waals surface area contributed by atoms with E-state index in [2.05, 4.69) is 5.32 Å². The SMILES string of the molecule is Cc1c(CS(=O)(=O)CCC(=O)Nc2ccc3c(c2)CCC3)cccc1[N+](=O)[O-]. The van der Waals surface area contributed by atoms with E-state index >= 15 is 0 Å². The number of benzene rings is 2. The molecular formula is C20H22N2O5S. The highest BCUT2D eigenvalue weighted by atomic mass is 32.2. The van der Waals surface area contributed by atoms with Gasteiger partial charge in [0.05, 0.1) is 16.4 Å². The maximum Gasteiger partial charge on any atom is 0.272 e. The lowest BCUT2D eigenvalue weighted by Crippen LogP contribution is -2.18. The number of fused-ring (bicyclic) bond motifs is 1.